The average molecular weight is 420 g/mol. The van der Waals surface area contributed by atoms with E-state index < -0.39 is 0 Å². The molecule has 3 aromatic carbocycles. The van der Waals surface area contributed by atoms with E-state index >= 15 is 0 Å². The summed E-state index contributed by atoms with van der Waals surface area (Å²) in [4.78, 5) is 17.1. The van der Waals surface area contributed by atoms with Crippen LogP contribution in [0.4, 0.5) is 5.69 Å². The summed E-state index contributed by atoms with van der Waals surface area (Å²) in [6, 6.07) is 27.0. The van der Waals surface area contributed by atoms with Gasteiger partial charge < -0.3 is 5.32 Å². The Hall–Kier alpha value is -3.02. The van der Waals surface area contributed by atoms with E-state index in [1.54, 1.807) is 0 Å². The third-order valence-electron chi connectivity index (χ3n) is 4.22. The summed E-state index contributed by atoms with van der Waals surface area (Å²) in [6.45, 7) is 0. The average Bonchev–Trinajstić information content (AvgIpc) is 3.18. The third kappa shape index (κ3) is 4.88. The molecule has 0 atom stereocenters. The lowest BCUT2D eigenvalue weighted by Crippen LogP contribution is -2.14. The number of nitrogens with one attached hydrogen (secondary N) is 1. The SMILES string of the molecule is O=C(CSc1nc(-c2ccccc2)cn1-c1cccc(Cl)c1)Nc1ccccc1. The van der Waals surface area contributed by atoms with Gasteiger partial charge in [0, 0.05) is 28.2 Å². The number of aromatic nitrogens is 2. The van der Waals surface area contributed by atoms with Crippen LogP contribution < -0.4 is 5.32 Å². The number of carbonyl (C=O) groups is 1. The highest BCUT2D eigenvalue weighted by atomic mass is 35.5. The van der Waals surface area contributed by atoms with Crippen LogP contribution in [-0.2, 0) is 4.79 Å². The molecule has 6 heteroatoms. The first-order valence-corrected chi connectivity index (χ1v) is 10.4. The van der Waals surface area contributed by atoms with Crippen LogP contribution in [0, 0.1) is 0 Å². The molecule has 1 heterocycles. The van der Waals surface area contributed by atoms with Crippen LogP contribution in [0.15, 0.2) is 96.3 Å². The number of hydrogen-bond acceptors (Lipinski definition) is 3. The molecule has 0 radical (unpaired) electrons. The number of hydrogen-bond donors (Lipinski definition) is 1. The van der Waals surface area contributed by atoms with Crippen molar-refractivity contribution in [1.82, 2.24) is 9.55 Å². The van der Waals surface area contributed by atoms with Crippen molar-refractivity contribution < 1.29 is 4.79 Å². The highest BCUT2D eigenvalue weighted by Crippen LogP contribution is 2.28. The molecule has 0 spiro atoms. The van der Waals surface area contributed by atoms with E-state index in [9.17, 15) is 4.79 Å². The van der Waals surface area contributed by atoms with E-state index in [1.807, 2.05) is 95.7 Å². The number of benzene rings is 3. The predicted octanol–water partition coefficient (Wildman–Crippen LogP) is 5.92. The Morgan fingerprint density at radius 2 is 1.69 bits per heavy atom. The van der Waals surface area contributed by atoms with Gasteiger partial charge in [0.05, 0.1) is 11.4 Å². The summed E-state index contributed by atoms with van der Waals surface area (Å²) in [5.41, 5.74) is 3.54. The molecule has 4 rings (SSSR count). The lowest BCUT2D eigenvalue weighted by Gasteiger charge is -2.08. The molecule has 0 aliphatic carbocycles. The van der Waals surface area contributed by atoms with Crippen molar-refractivity contribution in [3.8, 4) is 16.9 Å². The van der Waals surface area contributed by atoms with Gasteiger partial charge >= 0.3 is 0 Å². The van der Waals surface area contributed by atoms with E-state index in [0.717, 1.165) is 27.8 Å². The Labute approximate surface area is 178 Å². The molecule has 0 saturated carbocycles. The van der Waals surface area contributed by atoms with Crippen LogP contribution in [0.3, 0.4) is 0 Å². The van der Waals surface area contributed by atoms with Gasteiger partial charge in [0.1, 0.15) is 0 Å². The maximum absolute atomic E-state index is 12.4. The van der Waals surface area contributed by atoms with Gasteiger partial charge in [-0.1, -0.05) is 78.0 Å². The van der Waals surface area contributed by atoms with Gasteiger partial charge in [0.2, 0.25) is 5.91 Å². The minimum Gasteiger partial charge on any atom is -0.325 e. The molecule has 0 bridgehead atoms. The maximum atomic E-state index is 12.4. The molecule has 0 saturated heterocycles. The Balaban J connectivity index is 1.59. The molecule has 29 heavy (non-hydrogen) atoms. The molecule has 0 unspecified atom stereocenters. The molecule has 144 valence electrons. The summed E-state index contributed by atoms with van der Waals surface area (Å²) in [6.07, 6.45) is 1.97. The molecule has 1 aromatic heterocycles. The van der Waals surface area contributed by atoms with Crippen LogP contribution in [0.1, 0.15) is 0 Å². The normalized spacial score (nSPS) is 10.7. The monoisotopic (exact) mass is 419 g/mol. The number of imidazole rings is 1. The molecule has 4 nitrogen and oxygen atoms in total. The van der Waals surface area contributed by atoms with Crippen molar-refractivity contribution in [3.05, 3.63) is 96.1 Å². The van der Waals surface area contributed by atoms with Crippen LogP contribution >= 0.6 is 23.4 Å². The van der Waals surface area contributed by atoms with Gasteiger partial charge in [-0.05, 0) is 30.3 Å². The molecule has 1 N–H and O–H groups in total. The number of thioether (sulfide) groups is 1. The second kappa shape index (κ2) is 8.99. The lowest BCUT2D eigenvalue weighted by molar-refractivity contribution is -0.113. The first-order valence-electron chi connectivity index (χ1n) is 9.07. The second-order valence-electron chi connectivity index (χ2n) is 6.33. The summed E-state index contributed by atoms with van der Waals surface area (Å²) in [5.74, 6) is 0.170. The van der Waals surface area contributed by atoms with Crippen molar-refractivity contribution in [3.63, 3.8) is 0 Å². The fourth-order valence-corrected chi connectivity index (χ4v) is 3.85. The van der Waals surface area contributed by atoms with Crippen LogP contribution in [0.5, 0.6) is 0 Å². The Morgan fingerprint density at radius 3 is 2.41 bits per heavy atom. The predicted molar refractivity (Wildman–Crippen MR) is 120 cm³/mol. The zero-order valence-corrected chi connectivity index (χ0v) is 17.0. The van der Waals surface area contributed by atoms with E-state index in [0.29, 0.717) is 5.02 Å². The summed E-state index contributed by atoms with van der Waals surface area (Å²) in [7, 11) is 0. The minimum absolute atomic E-state index is 0.0805. The van der Waals surface area contributed by atoms with E-state index in [1.165, 1.54) is 11.8 Å². The molecule has 4 aromatic rings. The summed E-state index contributed by atoms with van der Waals surface area (Å²) in [5, 5.41) is 4.28. The maximum Gasteiger partial charge on any atom is 0.234 e. The Bertz CT molecular complexity index is 1110. The van der Waals surface area contributed by atoms with Crippen LogP contribution in [-0.4, -0.2) is 21.2 Å². The van der Waals surface area contributed by atoms with Crippen molar-refractivity contribution in [1.29, 1.82) is 0 Å². The number of anilines is 1. The zero-order valence-electron chi connectivity index (χ0n) is 15.5. The van der Waals surface area contributed by atoms with Crippen molar-refractivity contribution in [2.45, 2.75) is 5.16 Å². The van der Waals surface area contributed by atoms with Crippen molar-refractivity contribution >= 4 is 35.0 Å². The van der Waals surface area contributed by atoms with Crippen LogP contribution in [0.25, 0.3) is 16.9 Å². The zero-order chi connectivity index (χ0) is 20.1. The number of para-hydroxylation sites is 1. The first kappa shape index (κ1) is 19.3. The fourth-order valence-electron chi connectivity index (χ4n) is 2.87. The van der Waals surface area contributed by atoms with Crippen molar-refractivity contribution in [2.75, 3.05) is 11.1 Å². The van der Waals surface area contributed by atoms with Gasteiger partial charge in [-0.2, -0.15) is 0 Å². The quantitative estimate of drug-likeness (QED) is 0.394. The van der Waals surface area contributed by atoms with Gasteiger partial charge in [-0.3, -0.25) is 9.36 Å². The fraction of sp³-hybridized carbons (Fsp3) is 0.0435. The minimum atomic E-state index is -0.0805. The Kier molecular flexibility index (Phi) is 5.98. The highest BCUT2D eigenvalue weighted by Gasteiger charge is 2.14. The van der Waals surface area contributed by atoms with E-state index in [-0.39, 0.29) is 11.7 Å². The number of nitrogens with zero attached hydrogens (tertiary/aromatic N) is 2. The van der Waals surface area contributed by atoms with Gasteiger partial charge in [-0.25, -0.2) is 4.98 Å². The molecule has 0 fully saturated rings. The van der Waals surface area contributed by atoms with Gasteiger partial charge in [-0.15, -0.1) is 0 Å². The number of rotatable bonds is 6. The molecular formula is C23H18ClN3OS. The standard InChI is InChI=1S/C23H18ClN3OS/c24-18-10-7-13-20(14-18)27-15-21(17-8-3-1-4-9-17)26-23(27)29-16-22(28)25-19-11-5-2-6-12-19/h1-15H,16H2,(H,25,28). The lowest BCUT2D eigenvalue weighted by atomic mass is 10.2. The number of amides is 1. The van der Waals surface area contributed by atoms with Crippen molar-refractivity contribution in [2.24, 2.45) is 0 Å². The smallest absolute Gasteiger partial charge is 0.234 e. The number of halogens is 1. The third-order valence-corrected chi connectivity index (χ3v) is 5.41. The molecule has 0 aliphatic heterocycles. The summed E-state index contributed by atoms with van der Waals surface area (Å²) < 4.78 is 1.97. The first-order chi connectivity index (χ1) is 14.2. The van der Waals surface area contributed by atoms with Crippen LogP contribution in [0.2, 0.25) is 5.02 Å². The number of carbonyl (C=O) groups excluding carboxylic acids is 1. The van der Waals surface area contributed by atoms with E-state index in [2.05, 4.69) is 5.32 Å². The second-order valence-corrected chi connectivity index (χ2v) is 7.71. The Morgan fingerprint density at radius 1 is 0.966 bits per heavy atom. The topological polar surface area (TPSA) is 46.9 Å². The largest absolute Gasteiger partial charge is 0.325 e. The molecular weight excluding hydrogens is 402 g/mol. The molecule has 1 amide bonds. The van der Waals surface area contributed by atoms with Gasteiger partial charge in [0.25, 0.3) is 0 Å². The van der Waals surface area contributed by atoms with E-state index in [4.69, 9.17) is 16.6 Å². The summed E-state index contributed by atoms with van der Waals surface area (Å²) >= 11 is 7.57. The molecule has 0 aliphatic rings. The highest BCUT2D eigenvalue weighted by molar-refractivity contribution is 7.99. The van der Waals surface area contributed by atoms with Gasteiger partial charge in [0.15, 0.2) is 5.16 Å².